The zero-order chi connectivity index (χ0) is 14.5. The van der Waals surface area contributed by atoms with Crippen LogP contribution in [0.2, 0.25) is 0 Å². The van der Waals surface area contributed by atoms with Crippen LogP contribution in [0.1, 0.15) is 37.5 Å². The van der Waals surface area contributed by atoms with Gasteiger partial charge in [-0.1, -0.05) is 39.0 Å². The molecule has 1 aromatic rings. The molecule has 0 aliphatic rings. The maximum Gasteiger partial charge on any atom is 0.233 e. The summed E-state index contributed by atoms with van der Waals surface area (Å²) in [5.74, 6) is 0.0544. The number of aryl methyl sites for hydroxylation is 2. The molecule has 0 saturated carbocycles. The second-order valence-electron chi connectivity index (χ2n) is 5.74. The SMILES string of the molecule is CCNCC(=O)NCC(C)(C)c1ccc(C)c(C)c1. The lowest BCUT2D eigenvalue weighted by Gasteiger charge is -2.26. The van der Waals surface area contributed by atoms with Gasteiger partial charge in [-0.2, -0.15) is 0 Å². The lowest BCUT2D eigenvalue weighted by molar-refractivity contribution is -0.120. The number of benzene rings is 1. The van der Waals surface area contributed by atoms with Crippen LogP contribution < -0.4 is 10.6 Å². The molecule has 1 amide bonds. The minimum absolute atomic E-state index is 0.0544. The summed E-state index contributed by atoms with van der Waals surface area (Å²) < 4.78 is 0. The van der Waals surface area contributed by atoms with Crippen molar-refractivity contribution in [2.75, 3.05) is 19.6 Å². The molecular weight excluding hydrogens is 236 g/mol. The normalized spacial score (nSPS) is 11.4. The van der Waals surface area contributed by atoms with Crippen LogP contribution in [0, 0.1) is 13.8 Å². The highest BCUT2D eigenvalue weighted by atomic mass is 16.1. The second kappa shape index (κ2) is 6.71. The van der Waals surface area contributed by atoms with Crippen LogP contribution in [-0.2, 0) is 10.2 Å². The largest absolute Gasteiger partial charge is 0.354 e. The first-order chi connectivity index (χ1) is 8.86. The lowest BCUT2D eigenvalue weighted by Crippen LogP contribution is -2.40. The number of amides is 1. The summed E-state index contributed by atoms with van der Waals surface area (Å²) in [6.07, 6.45) is 0. The summed E-state index contributed by atoms with van der Waals surface area (Å²) in [6.45, 7) is 12.4. The van der Waals surface area contributed by atoms with Crippen LogP contribution >= 0.6 is 0 Å². The number of hydrogen-bond donors (Lipinski definition) is 2. The summed E-state index contributed by atoms with van der Waals surface area (Å²) in [5, 5.41) is 6.02. The molecule has 0 heterocycles. The third-order valence-corrected chi connectivity index (χ3v) is 3.55. The fourth-order valence-electron chi connectivity index (χ4n) is 1.89. The van der Waals surface area contributed by atoms with E-state index in [2.05, 4.69) is 56.5 Å². The molecule has 0 atom stereocenters. The van der Waals surface area contributed by atoms with Crippen molar-refractivity contribution in [1.82, 2.24) is 10.6 Å². The molecule has 1 aromatic carbocycles. The molecule has 0 aliphatic heterocycles. The predicted molar refractivity (Wildman–Crippen MR) is 80.5 cm³/mol. The van der Waals surface area contributed by atoms with E-state index >= 15 is 0 Å². The highest BCUT2D eigenvalue weighted by Crippen LogP contribution is 2.24. The molecule has 0 spiro atoms. The van der Waals surface area contributed by atoms with Crippen LogP contribution in [0.15, 0.2) is 18.2 Å². The molecule has 0 unspecified atom stereocenters. The van der Waals surface area contributed by atoms with E-state index in [0.29, 0.717) is 13.1 Å². The summed E-state index contributed by atoms with van der Waals surface area (Å²) in [7, 11) is 0. The van der Waals surface area contributed by atoms with Gasteiger partial charge in [-0.15, -0.1) is 0 Å². The molecular formula is C16H26N2O. The van der Waals surface area contributed by atoms with E-state index in [0.717, 1.165) is 6.54 Å². The Morgan fingerprint density at radius 2 is 1.89 bits per heavy atom. The van der Waals surface area contributed by atoms with Gasteiger partial charge in [0.1, 0.15) is 0 Å². The molecule has 0 aliphatic carbocycles. The minimum Gasteiger partial charge on any atom is -0.354 e. The number of nitrogens with one attached hydrogen (secondary N) is 2. The van der Waals surface area contributed by atoms with E-state index in [4.69, 9.17) is 0 Å². The average molecular weight is 262 g/mol. The summed E-state index contributed by atoms with van der Waals surface area (Å²) in [6, 6.07) is 6.51. The maximum absolute atomic E-state index is 11.6. The van der Waals surface area contributed by atoms with Gasteiger partial charge < -0.3 is 10.6 Å². The molecule has 0 saturated heterocycles. The highest BCUT2D eigenvalue weighted by molar-refractivity contribution is 5.78. The molecule has 19 heavy (non-hydrogen) atoms. The van der Waals surface area contributed by atoms with Crippen molar-refractivity contribution >= 4 is 5.91 Å². The number of hydrogen-bond acceptors (Lipinski definition) is 2. The van der Waals surface area contributed by atoms with Crippen molar-refractivity contribution in [3.63, 3.8) is 0 Å². The van der Waals surface area contributed by atoms with Gasteiger partial charge in [0.2, 0.25) is 5.91 Å². The summed E-state index contributed by atoms with van der Waals surface area (Å²) in [4.78, 5) is 11.6. The standard InChI is InChI=1S/C16H26N2O/c1-6-17-10-15(19)18-11-16(4,5)14-8-7-12(2)13(3)9-14/h7-9,17H,6,10-11H2,1-5H3,(H,18,19). The fraction of sp³-hybridized carbons (Fsp3) is 0.562. The predicted octanol–water partition coefficient (Wildman–Crippen LogP) is 2.31. The van der Waals surface area contributed by atoms with E-state index in [1.54, 1.807) is 0 Å². The number of likely N-dealkylation sites (N-methyl/N-ethyl adjacent to an activating group) is 1. The zero-order valence-electron chi connectivity index (χ0n) is 12.8. The van der Waals surface area contributed by atoms with Gasteiger partial charge in [0.05, 0.1) is 6.54 Å². The average Bonchev–Trinajstić information content (AvgIpc) is 2.37. The molecule has 2 N–H and O–H groups in total. The lowest BCUT2D eigenvalue weighted by atomic mass is 9.83. The topological polar surface area (TPSA) is 41.1 Å². The van der Waals surface area contributed by atoms with Crippen molar-refractivity contribution < 1.29 is 4.79 Å². The Kier molecular flexibility index (Phi) is 5.55. The smallest absolute Gasteiger partial charge is 0.233 e. The highest BCUT2D eigenvalue weighted by Gasteiger charge is 2.21. The number of carbonyl (C=O) groups is 1. The first-order valence-electron chi connectivity index (χ1n) is 6.92. The molecule has 0 radical (unpaired) electrons. The minimum atomic E-state index is -0.0552. The first-order valence-corrected chi connectivity index (χ1v) is 6.92. The Balaban J connectivity index is 2.64. The van der Waals surface area contributed by atoms with Gasteiger partial charge in [0.15, 0.2) is 0 Å². The molecule has 106 valence electrons. The van der Waals surface area contributed by atoms with Gasteiger partial charge >= 0.3 is 0 Å². The Hall–Kier alpha value is -1.35. The molecule has 0 fully saturated rings. The molecule has 1 rings (SSSR count). The molecule has 3 heteroatoms. The summed E-state index contributed by atoms with van der Waals surface area (Å²) in [5.41, 5.74) is 3.81. The van der Waals surface area contributed by atoms with E-state index < -0.39 is 0 Å². The maximum atomic E-state index is 11.6. The van der Waals surface area contributed by atoms with Crippen molar-refractivity contribution in [2.45, 2.75) is 40.0 Å². The Bertz CT molecular complexity index is 438. The molecule has 0 bridgehead atoms. The van der Waals surface area contributed by atoms with Crippen LogP contribution in [0.4, 0.5) is 0 Å². The van der Waals surface area contributed by atoms with E-state index in [1.165, 1.54) is 16.7 Å². The van der Waals surface area contributed by atoms with Gasteiger partial charge in [-0.25, -0.2) is 0 Å². The Morgan fingerprint density at radius 1 is 1.21 bits per heavy atom. The van der Waals surface area contributed by atoms with Crippen LogP contribution in [0.25, 0.3) is 0 Å². The first kappa shape index (κ1) is 15.7. The molecule has 0 aromatic heterocycles. The summed E-state index contributed by atoms with van der Waals surface area (Å²) >= 11 is 0. The van der Waals surface area contributed by atoms with Crippen LogP contribution in [0.3, 0.4) is 0 Å². The van der Waals surface area contributed by atoms with Gasteiger partial charge in [-0.05, 0) is 37.1 Å². The quantitative estimate of drug-likeness (QED) is 0.826. The van der Waals surface area contributed by atoms with Crippen molar-refractivity contribution in [1.29, 1.82) is 0 Å². The Labute approximate surface area is 116 Å². The third kappa shape index (κ3) is 4.67. The number of carbonyl (C=O) groups excluding carboxylic acids is 1. The third-order valence-electron chi connectivity index (χ3n) is 3.55. The van der Waals surface area contributed by atoms with Crippen LogP contribution in [-0.4, -0.2) is 25.5 Å². The Morgan fingerprint density at radius 3 is 2.47 bits per heavy atom. The van der Waals surface area contributed by atoms with E-state index in [1.807, 2.05) is 6.92 Å². The monoisotopic (exact) mass is 262 g/mol. The molecule has 3 nitrogen and oxygen atoms in total. The van der Waals surface area contributed by atoms with Crippen molar-refractivity contribution in [2.24, 2.45) is 0 Å². The van der Waals surface area contributed by atoms with Crippen molar-refractivity contribution in [3.05, 3.63) is 34.9 Å². The second-order valence-corrected chi connectivity index (χ2v) is 5.74. The fourth-order valence-corrected chi connectivity index (χ4v) is 1.89. The van der Waals surface area contributed by atoms with Crippen molar-refractivity contribution in [3.8, 4) is 0 Å². The van der Waals surface area contributed by atoms with Gasteiger partial charge in [0, 0.05) is 12.0 Å². The zero-order valence-corrected chi connectivity index (χ0v) is 12.8. The van der Waals surface area contributed by atoms with Crippen LogP contribution in [0.5, 0.6) is 0 Å². The van der Waals surface area contributed by atoms with Gasteiger partial charge in [-0.3, -0.25) is 4.79 Å². The number of rotatable bonds is 6. The van der Waals surface area contributed by atoms with E-state index in [-0.39, 0.29) is 11.3 Å². The van der Waals surface area contributed by atoms with E-state index in [9.17, 15) is 4.79 Å². The van der Waals surface area contributed by atoms with Gasteiger partial charge in [0.25, 0.3) is 0 Å².